The maximum atomic E-state index is 12.0. The molecule has 5 heteroatoms. The molecule has 23 heavy (non-hydrogen) atoms. The molecule has 0 aromatic heterocycles. The lowest BCUT2D eigenvalue weighted by molar-refractivity contribution is -0.134. The Bertz CT molecular complexity index is 438. The average Bonchev–Trinajstić information content (AvgIpc) is 2.56. The fraction of sp³-hybridized carbons (Fsp3) is 0.778. The van der Waals surface area contributed by atoms with Gasteiger partial charge in [0.2, 0.25) is 11.8 Å². The van der Waals surface area contributed by atoms with Crippen LogP contribution in [0.4, 0.5) is 0 Å². The molecule has 2 rings (SSSR count). The van der Waals surface area contributed by atoms with Crippen molar-refractivity contribution in [1.29, 1.82) is 0 Å². The van der Waals surface area contributed by atoms with Crippen molar-refractivity contribution in [3.63, 3.8) is 0 Å². The van der Waals surface area contributed by atoms with E-state index in [0.29, 0.717) is 6.54 Å². The molecule has 0 saturated carbocycles. The Labute approximate surface area is 140 Å². The van der Waals surface area contributed by atoms with Gasteiger partial charge in [-0.2, -0.15) is 0 Å². The number of likely N-dealkylation sites (tertiary alicyclic amines) is 1. The minimum atomic E-state index is 0.110. The zero-order chi connectivity index (χ0) is 16.7. The van der Waals surface area contributed by atoms with Crippen LogP contribution in [0.5, 0.6) is 0 Å². The lowest BCUT2D eigenvalue weighted by Crippen LogP contribution is -2.44. The first-order valence-electron chi connectivity index (χ1n) is 8.94. The number of nitrogens with one attached hydrogen (secondary N) is 1. The summed E-state index contributed by atoms with van der Waals surface area (Å²) in [7, 11) is 3.62. The van der Waals surface area contributed by atoms with Gasteiger partial charge in [0.05, 0.1) is 6.54 Å². The van der Waals surface area contributed by atoms with Crippen LogP contribution >= 0.6 is 0 Å². The number of hydrogen-bond donors (Lipinski definition) is 1. The Morgan fingerprint density at radius 2 is 2.00 bits per heavy atom. The highest BCUT2D eigenvalue weighted by Crippen LogP contribution is 2.20. The fourth-order valence-electron chi connectivity index (χ4n) is 3.46. The molecule has 1 N–H and O–H groups in total. The second-order valence-corrected chi connectivity index (χ2v) is 6.99. The second kappa shape index (κ2) is 9.06. The highest BCUT2D eigenvalue weighted by Gasteiger charge is 2.26. The number of piperidine rings is 1. The first-order chi connectivity index (χ1) is 11.1. The SMILES string of the molecule is CN(C)C(=O)C1CCN(CC(=O)NCCC2=CCCCC2)CC1. The third-order valence-electron chi connectivity index (χ3n) is 4.90. The first-order valence-corrected chi connectivity index (χ1v) is 8.94. The van der Waals surface area contributed by atoms with Crippen LogP contribution in [0.15, 0.2) is 11.6 Å². The van der Waals surface area contributed by atoms with E-state index in [0.717, 1.165) is 38.9 Å². The number of amides is 2. The van der Waals surface area contributed by atoms with Gasteiger partial charge in [-0.3, -0.25) is 14.5 Å². The van der Waals surface area contributed by atoms with E-state index in [2.05, 4.69) is 16.3 Å². The number of allylic oxidation sites excluding steroid dienone is 1. The molecule has 1 aliphatic heterocycles. The summed E-state index contributed by atoms with van der Waals surface area (Å²) in [5.74, 6) is 0.455. The summed E-state index contributed by atoms with van der Waals surface area (Å²) in [5, 5.41) is 3.03. The molecule has 1 fully saturated rings. The Morgan fingerprint density at radius 1 is 1.26 bits per heavy atom. The summed E-state index contributed by atoms with van der Waals surface area (Å²) in [6.07, 6.45) is 10.0. The summed E-state index contributed by atoms with van der Waals surface area (Å²) < 4.78 is 0. The second-order valence-electron chi connectivity index (χ2n) is 6.99. The van der Waals surface area contributed by atoms with Crippen molar-refractivity contribution >= 4 is 11.8 Å². The van der Waals surface area contributed by atoms with Crippen molar-refractivity contribution in [2.24, 2.45) is 5.92 Å². The lowest BCUT2D eigenvalue weighted by atomic mass is 9.95. The molecular formula is C18H31N3O2. The van der Waals surface area contributed by atoms with Gasteiger partial charge in [-0.25, -0.2) is 0 Å². The molecule has 0 spiro atoms. The smallest absolute Gasteiger partial charge is 0.234 e. The van der Waals surface area contributed by atoms with Crippen LogP contribution in [-0.4, -0.2) is 61.9 Å². The van der Waals surface area contributed by atoms with E-state index in [1.807, 2.05) is 14.1 Å². The summed E-state index contributed by atoms with van der Waals surface area (Å²) in [6, 6.07) is 0. The molecule has 0 aromatic carbocycles. The standard InChI is InChI=1S/C18H31N3O2/c1-20(2)18(23)16-9-12-21(13-10-16)14-17(22)19-11-8-15-6-4-3-5-7-15/h6,16H,3-5,7-14H2,1-2H3,(H,19,22). The van der Waals surface area contributed by atoms with Crippen molar-refractivity contribution in [3.8, 4) is 0 Å². The molecular weight excluding hydrogens is 290 g/mol. The van der Waals surface area contributed by atoms with Gasteiger partial charge in [-0.1, -0.05) is 11.6 Å². The van der Waals surface area contributed by atoms with Gasteiger partial charge in [-0.05, 0) is 58.0 Å². The number of carbonyl (C=O) groups excluding carboxylic acids is 2. The van der Waals surface area contributed by atoms with E-state index in [9.17, 15) is 9.59 Å². The quantitative estimate of drug-likeness (QED) is 0.759. The third-order valence-corrected chi connectivity index (χ3v) is 4.90. The van der Waals surface area contributed by atoms with Crippen LogP contribution in [-0.2, 0) is 9.59 Å². The summed E-state index contributed by atoms with van der Waals surface area (Å²) in [6.45, 7) is 2.88. The zero-order valence-corrected chi connectivity index (χ0v) is 14.6. The largest absolute Gasteiger partial charge is 0.355 e. The van der Waals surface area contributed by atoms with E-state index in [4.69, 9.17) is 0 Å². The van der Waals surface area contributed by atoms with Gasteiger partial charge in [0.1, 0.15) is 0 Å². The molecule has 0 unspecified atom stereocenters. The number of hydrogen-bond acceptors (Lipinski definition) is 3. The third kappa shape index (κ3) is 5.98. The van der Waals surface area contributed by atoms with Crippen LogP contribution in [0, 0.1) is 5.92 Å². The Morgan fingerprint density at radius 3 is 2.61 bits per heavy atom. The molecule has 130 valence electrons. The van der Waals surface area contributed by atoms with Crippen molar-refractivity contribution in [1.82, 2.24) is 15.1 Å². The molecule has 5 nitrogen and oxygen atoms in total. The van der Waals surface area contributed by atoms with Crippen molar-refractivity contribution < 1.29 is 9.59 Å². The number of rotatable bonds is 6. The maximum absolute atomic E-state index is 12.0. The number of carbonyl (C=O) groups is 2. The highest BCUT2D eigenvalue weighted by atomic mass is 16.2. The van der Waals surface area contributed by atoms with Crippen LogP contribution < -0.4 is 5.32 Å². The normalized spacial score (nSPS) is 20.0. The highest BCUT2D eigenvalue weighted by molar-refractivity contribution is 5.79. The number of nitrogens with zero attached hydrogens (tertiary/aromatic N) is 2. The van der Waals surface area contributed by atoms with Crippen LogP contribution in [0.2, 0.25) is 0 Å². The fourth-order valence-corrected chi connectivity index (χ4v) is 3.46. The summed E-state index contributed by atoms with van der Waals surface area (Å²) >= 11 is 0. The van der Waals surface area contributed by atoms with Gasteiger partial charge in [0, 0.05) is 26.6 Å². The molecule has 0 aromatic rings. The minimum absolute atomic E-state index is 0.110. The van der Waals surface area contributed by atoms with Crippen LogP contribution in [0.25, 0.3) is 0 Å². The molecule has 0 bridgehead atoms. The predicted octanol–water partition coefficient (Wildman–Crippen LogP) is 1.79. The Kier molecular flexibility index (Phi) is 7.09. The van der Waals surface area contributed by atoms with E-state index >= 15 is 0 Å². The van der Waals surface area contributed by atoms with Gasteiger partial charge >= 0.3 is 0 Å². The molecule has 1 heterocycles. The maximum Gasteiger partial charge on any atom is 0.234 e. The summed E-state index contributed by atoms with van der Waals surface area (Å²) in [5.41, 5.74) is 1.50. The van der Waals surface area contributed by atoms with Crippen molar-refractivity contribution in [2.45, 2.75) is 44.9 Å². The molecule has 2 aliphatic rings. The molecule has 1 saturated heterocycles. The average molecular weight is 321 g/mol. The molecule has 0 radical (unpaired) electrons. The topological polar surface area (TPSA) is 52.7 Å². The van der Waals surface area contributed by atoms with Gasteiger partial charge in [-0.15, -0.1) is 0 Å². The zero-order valence-electron chi connectivity index (χ0n) is 14.6. The molecule has 2 amide bonds. The minimum Gasteiger partial charge on any atom is -0.355 e. The Balaban J connectivity index is 1.61. The Hall–Kier alpha value is -1.36. The van der Waals surface area contributed by atoms with Crippen LogP contribution in [0.3, 0.4) is 0 Å². The van der Waals surface area contributed by atoms with E-state index in [-0.39, 0.29) is 17.7 Å². The van der Waals surface area contributed by atoms with Crippen molar-refractivity contribution in [2.75, 3.05) is 40.3 Å². The van der Waals surface area contributed by atoms with E-state index in [1.54, 1.807) is 4.90 Å². The predicted molar refractivity (Wildman–Crippen MR) is 92.0 cm³/mol. The first kappa shape index (κ1) is 18.0. The summed E-state index contributed by atoms with van der Waals surface area (Å²) in [4.78, 5) is 27.8. The lowest BCUT2D eigenvalue weighted by Gasteiger charge is -2.31. The van der Waals surface area contributed by atoms with Gasteiger partial charge < -0.3 is 10.2 Å². The van der Waals surface area contributed by atoms with E-state index in [1.165, 1.54) is 31.3 Å². The van der Waals surface area contributed by atoms with Gasteiger partial charge in [0.15, 0.2) is 0 Å². The van der Waals surface area contributed by atoms with E-state index < -0.39 is 0 Å². The van der Waals surface area contributed by atoms with Crippen LogP contribution in [0.1, 0.15) is 44.9 Å². The van der Waals surface area contributed by atoms with Gasteiger partial charge in [0.25, 0.3) is 0 Å². The molecule has 1 aliphatic carbocycles. The molecule has 0 atom stereocenters. The van der Waals surface area contributed by atoms with Crippen molar-refractivity contribution in [3.05, 3.63) is 11.6 Å². The monoisotopic (exact) mass is 321 g/mol.